The maximum atomic E-state index is 12.5. The van der Waals surface area contributed by atoms with Crippen LogP contribution in [-0.2, 0) is 19.4 Å². The number of ether oxygens (including phenoxy) is 2. The molecule has 26 heavy (non-hydrogen) atoms. The first-order valence-corrected chi connectivity index (χ1v) is 8.65. The molecule has 6 heteroatoms. The molecule has 2 aromatic carbocycles. The van der Waals surface area contributed by atoms with Crippen molar-refractivity contribution in [3.8, 4) is 17.2 Å². The van der Waals surface area contributed by atoms with Gasteiger partial charge in [-0.05, 0) is 53.8 Å². The van der Waals surface area contributed by atoms with Gasteiger partial charge in [-0.15, -0.1) is 0 Å². The number of phenolic OH excluding ortho intramolecular Hbond substituents is 1. The van der Waals surface area contributed by atoms with E-state index in [0.29, 0.717) is 31.8 Å². The van der Waals surface area contributed by atoms with Crippen molar-refractivity contribution in [3.63, 3.8) is 0 Å². The molecule has 3 rings (SSSR count). The molecular formula is C20H24N2O4. The summed E-state index contributed by atoms with van der Waals surface area (Å²) in [6.45, 7) is 1.74. The van der Waals surface area contributed by atoms with Gasteiger partial charge >= 0.3 is 6.03 Å². The largest absolute Gasteiger partial charge is 0.508 e. The van der Waals surface area contributed by atoms with Gasteiger partial charge < -0.3 is 24.8 Å². The molecule has 0 unspecified atom stereocenters. The fraction of sp³-hybridized carbons (Fsp3) is 0.350. The van der Waals surface area contributed by atoms with E-state index in [1.165, 1.54) is 5.56 Å². The van der Waals surface area contributed by atoms with E-state index in [2.05, 4.69) is 5.32 Å². The maximum absolute atomic E-state index is 12.5. The molecule has 0 radical (unpaired) electrons. The lowest BCUT2D eigenvalue weighted by atomic mass is 9.99. The number of amides is 2. The zero-order chi connectivity index (χ0) is 18.5. The first-order chi connectivity index (χ1) is 12.6. The standard InChI is InChI=1S/C20H24N2O4/c1-25-18-11-15-7-9-22(13-16(15)12-19(18)26-2)20(24)21-8-6-14-4-3-5-17(23)10-14/h3-5,10-12,23H,6-9,13H2,1-2H3,(H,21,24). The summed E-state index contributed by atoms with van der Waals surface area (Å²) in [7, 11) is 3.23. The van der Waals surface area contributed by atoms with E-state index in [1.807, 2.05) is 18.2 Å². The number of phenols is 1. The van der Waals surface area contributed by atoms with Crippen LogP contribution in [0.3, 0.4) is 0 Å². The highest BCUT2D eigenvalue weighted by Gasteiger charge is 2.22. The van der Waals surface area contributed by atoms with Gasteiger partial charge in [-0.1, -0.05) is 12.1 Å². The van der Waals surface area contributed by atoms with E-state index in [4.69, 9.17) is 9.47 Å². The zero-order valence-electron chi connectivity index (χ0n) is 15.1. The summed E-state index contributed by atoms with van der Waals surface area (Å²) in [4.78, 5) is 14.3. The Morgan fingerprint density at radius 1 is 1.15 bits per heavy atom. The van der Waals surface area contributed by atoms with Crippen molar-refractivity contribution in [2.24, 2.45) is 0 Å². The molecule has 138 valence electrons. The number of benzene rings is 2. The van der Waals surface area contributed by atoms with Crippen molar-refractivity contribution < 1.29 is 19.4 Å². The number of carbonyl (C=O) groups is 1. The van der Waals surface area contributed by atoms with Crippen molar-refractivity contribution in [2.45, 2.75) is 19.4 Å². The molecule has 0 aromatic heterocycles. The highest BCUT2D eigenvalue weighted by atomic mass is 16.5. The molecule has 0 saturated carbocycles. The highest BCUT2D eigenvalue weighted by Crippen LogP contribution is 2.33. The Balaban J connectivity index is 1.58. The molecule has 0 aliphatic carbocycles. The second-order valence-electron chi connectivity index (χ2n) is 6.30. The predicted octanol–water partition coefficient (Wildman–Crippen LogP) is 2.72. The highest BCUT2D eigenvalue weighted by molar-refractivity contribution is 5.74. The molecule has 2 aromatic rings. The van der Waals surface area contributed by atoms with Crippen molar-refractivity contribution >= 4 is 6.03 Å². The fourth-order valence-electron chi connectivity index (χ4n) is 3.19. The minimum Gasteiger partial charge on any atom is -0.508 e. The molecule has 0 saturated heterocycles. The Morgan fingerprint density at radius 3 is 2.58 bits per heavy atom. The lowest BCUT2D eigenvalue weighted by Crippen LogP contribution is -2.43. The lowest BCUT2D eigenvalue weighted by Gasteiger charge is -2.29. The third kappa shape index (κ3) is 4.02. The third-order valence-corrected chi connectivity index (χ3v) is 4.61. The smallest absolute Gasteiger partial charge is 0.317 e. The monoisotopic (exact) mass is 356 g/mol. The van der Waals surface area contributed by atoms with Crippen LogP contribution in [0.1, 0.15) is 16.7 Å². The first kappa shape index (κ1) is 17.9. The van der Waals surface area contributed by atoms with Crippen LogP contribution in [0.4, 0.5) is 4.79 Å². The lowest BCUT2D eigenvalue weighted by molar-refractivity contribution is 0.192. The van der Waals surface area contributed by atoms with Crippen LogP contribution in [0.2, 0.25) is 0 Å². The van der Waals surface area contributed by atoms with Crippen molar-refractivity contribution in [1.82, 2.24) is 10.2 Å². The van der Waals surface area contributed by atoms with Crippen LogP contribution in [-0.4, -0.2) is 43.3 Å². The Bertz CT molecular complexity index is 791. The van der Waals surface area contributed by atoms with E-state index < -0.39 is 0 Å². The molecule has 0 bridgehead atoms. The number of carbonyl (C=O) groups excluding carboxylic acids is 1. The summed E-state index contributed by atoms with van der Waals surface area (Å²) in [5, 5.41) is 12.4. The fourth-order valence-corrected chi connectivity index (χ4v) is 3.19. The number of hydrogen-bond acceptors (Lipinski definition) is 4. The number of nitrogens with zero attached hydrogens (tertiary/aromatic N) is 1. The van der Waals surface area contributed by atoms with Crippen LogP contribution in [0.25, 0.3) is 0 Å². The van der Waals surface area contributed by atoms with E-state index in [-0.39, 0.29) is 11.8 Å². The normalized spacial score (nSPS) is 13.1. The summed E-state index contributed by atoms with van der Waals surface area (Å²) in [5.74, 6) is 1.64. The minimum absolute atomic E-state index is 0.0782. The molecule has 1 aliphatic heterocycles. The van der Waals surface area contributed by atoms with Gasteiger partial charge in [0.25, 0.3) is 0 Å². The Kier molecular flexibility index (Phi) is 5.51. The molecular weight excluding hydrogens is 332 g/mol. The van der Waals surface area contributed by atoms with Crippen LogP contribution >= 0.6 is 0 Å². The van der Waals surface area contributed by atoms with Crippen LogP contribution < -0.4 is 14.8 Å². The SMILES string of the molecule is COc1cc2c(cc1OC)CN(C(=O)NCCc1cccc(O)c1)CC2. The molecule has 1 heterocycles. The summed E-state index contributed by atoms with van der Waals surface area (Å²) in [6, 6.07) is 10.9. The van der Waals surface area contributed by atoms with Crippen molar-refractivity contribution in [2.75, 3.05) is 27.3 Å². The number of methoxy groups -OCH3 is 2. The van der Waals surface area contributed by atoms with Gasteiger partial charge in [-0.25, -0.2) is 4.79 Å². The predicted molar refractivity (Wildman–Crippen MR) is 98.9 cm³/mol. The van der Waals surface area contributed by atoms with Crippen LogP contribution in [0, 0.1) is 0 Å². The quantitative estimate of drug-likeness (QED) is 0.864. The van der Waals surface area contributed by atoms with Gasteiger partial charge in [-0.3, -0.25) is 0 Å². The van der Waals surface area contributed by atoms with Crippen LogP contribution in [0.15, 0.2) is 36.4 Å². The average molecular weight is 356 g/mol. The van der Waals surface area contributed by atoms with E-state index in [1.54, 1.807) is 37.3 Å². The van der Waals surface area contributed by atoms with Gasteiger partial charge in [0.1, 0.15) is 5.75 Å². The van der Waals surface area contributed by atoms with Gasteiger partial charge in [0.05, 0.1) is 14.2 Å². The number of nitrogens with one attached hydrogen (secondary N) is 1. The number of urea groups is 1. The summed E-state index contributed by atoms with van der Waals surface area (Å²) in [5.41, 5.74) is 3.26. The van der Waals surface area contributed by atoms with E-state index >= 15 is 0 Å². The summed E-state index contributed by atoms with van der Waals surface area (Å²) >= 11 is 0. The van der Waals surface area contributed by atoms with Crippen molar-refractivity contribution in [1.29, 1.82) is 0 Å². The molecule has 1 aliphatic rings. The number of hydrogen-bond donors (Lipinski definition) is 2. The topological polar surface area (TPSA) is 71.0 Å². The van der Waals surface area contributed by atoms with E-state index in [9.17, 15) is 9.90 Å². The first-order valence-electron chi connectivity index (χ1n) is 8.65. The van der Waals surface area contributed by atoms with Gasteiger partial charge in [0.15, 0.2) is 11.5 Å². The third-order valence-electron chi connectivity index (χ3n) is 4.61. The average Bonchev–Trinajstić information content (AvgIpc) is 2.66. The van der Waals surface area contributed by atoms with Crippen LogP contribution in [0.5, 0.6) is 17.2 Å². The molecule has 0 fully saturated rings. The zero-order valence-corrected chi connectivity index (χ0v) is 15.1. The van der Waals surface area contributed by atoms with Gasteiger partial charge in [0.2, 0.25) is 0 Å². The summed E-state index contributed by atoms with van der Waals surface area (Å²) in [6.07, 6.45) is 1.46. The maximum Gasteiger partial charge on any atom is 0.317 e. The molecule has 0 atom stereocenters. The van der Waals surface area contributed by atoms with Gasteiger partial charge in [-0.2, -0.15) is 0 Å². The molecule has 6 nitrogen and oxygen atoms in total. The Labute approximate surface area is 153 Å². The number of aromatic hydroxyl groups is 1. The van der Waals surface area contributed by atoms with E-state index in [0.717, 1.165) is 23.3 Å². The second-order valence-corrected chi connectivity index (χ2v) is 6.30. The number of rotatable bonds is 5. The Morgan fingerprint density at radius 2 is 1.88 bits per heavy atom. The minimum atomic E-state index is -0.0782. The van der Waals surface area contributed by atoms with Gasteiger partial charge in [0, 0.05) is 19.6 Å². The molecule has 2 N–H and O–H groups in total. The molecule has 2 amide bonds. The second kappa shape index (κ2) is 7.99. The Hall–Kier alpha value is -2.89. The molecule has 0 spiro atoms. The summed E-state index contributed by atoms with van der Waals surface area (Å²) < 4.78 is 10.7. The number of fused-ring (bicyclic) bond motifs is 1. The van der Waals surface area contributed by atoms with Crippen molar-refractivity contribution in [3.05, 3.63) is 53.1 Å².